The van der Waals surface area contributed by atoms with Crippen LogP contribution in [0.25, 0.3) is 27.9 Å². The molecule has 1 aliphatic heterocycles. The van der Waals surface area contributed by atoms with Crippen LogP contribution < -0.4 is 10.1 Å². The molecule has 2 unspecified atom stereocenters. The lowest BCUT2D eigenvalue weighted by atomic mass is 9.90. The van der Waals surface area contributed by atoms with Crippen LogP contribution in [-0.2, 0) is 9.47 Å². The second-order valence-electron chi connectivity index (χ2n) is 8.91. The minimum atomic E-state index is -0.420. The number of carbonyl (C=O) groups excluding carboxylic acids is 1. The summed E-state index contributed by atoms with van der Waals surface area (Å²) in [6, 6.07) is 11.0. The van der Waals surface area contributed by atoms with Crippen molar-refractivity contribution in [2.75, 3.05) is 20.3 Å². The molecule has 3 heterocycles. The van der Waals surface area contributed by atoms with Gasteiger partial charge in [0.25, 0.3) is 0 Å². The Labute approximate surface area is 202 Å². The molecule has 3 aromatic rings. The third kappa shape index (κ3) is 5.16. The number of halogens is 1. The van der Waals surface area contributed by atoms with Crippen molar-refractivity contribution in [2.24, 2.45) is 0 Å². The smallest absolute Gasteiger partial charge is 0.407 e. The Hall–Kier alpha value is -3.43. The number of ether oxygens (including phenoxy) is 3. The minimum Gasteiger partial charge on any atom is -0.473 e. The number of nitrogens with one attached hydrogen (secondary N) is 2. The molecule has 184 valence electrons. The summed E-state index contributed by atoms with van der Waals surface area (Å²) in [5, 5.41) is 12.0. The van der Waals surface area contributed by atoms with E-state index in [-0.39, 0.29) is 30.6 Å². The zero-order chi connectivity index (χ0) is 24.4. The fourth-order valence-corrected chi connectivity index (χ4v) is 4.63. The molecule has 2 aromatic heterocycles. The van der Waals surface area contributed by atoms with Gasteiger partial charge in [-0.15, -0.1) is 0 Å². The largest absolute Gasteiger partial charge is 0.473 e. The summed E-state index contributed by atoms with van der Waals surface area (Å²) in [5.41, 5.74) is 4.40. The standard InChI is InChI=1S/C26H28FN3O5/c1-33-26(32)28-18-8-6-16(7-9-18)15-2-4-17(5-3-15)25-21(27)11-22-23(30-25)12-24(29-22)35-20-10-19(13-31)34-14-20/h2-6,11-12,18-20,29,31H,7-10,13-14H2,1H3,(H,28,32)/t18?,19?,20-/m0/s1. The van der Waals surface area contributed by atoms with Crippen LogP contribution in [0.3, 0.4) is 0 Å². The first-order valence-electron chi connectivity index (χ1n) is 11.7. The van der Waals surface area contributed by atoms with E-state index in [1.54, 1.807) is 6.07 Å². The zero-order valence-electron chi connectivity index (χ0n) is 19.4. The lowest BCUT2D eigenvalue weighted by molar-refractivity contribution is 0.0531. The molecule has 5 rings (SSSR count). The van der Waals surface area contributed by atoms with E-state index in [9.17, 15) is 14.3 Å². The summed E-state index contributed by atoms with van der Waals surface area (Å²) in [7, 11) is 1.36. The molecule has 3 N–H and O–H groups in total. The van der Waals surface area contributed by atoms with Gasteiger partial charge in [-0.2, -0.15) is 0 Å². The van der Waals surface area contributed by atoms with Crippen LogP contribution in [0.4, 0.5) is 9.18 Å². The van der Waals surface area contributed by atoms with E-state index < -0.39 is 11.9 Å². The Morgan fingerprint density at radius 1 is 1.29 bits per heavy atom. The number of amides is 1. The van der Waals surface area contributed by atoms with Crippen molar-refractivity contribution < 1.29 is 28.5 Å². The van der Waals surface area contributed by atoms with Gasteiger partial charge >= 0.3 is 6.09 Å². The number of alkyl carbamates (subject to hydrolysis) is 1. The maximum Gasteiger partial charge on any atom is 0.407 e. The second kappa shape index (κ2) is 10.1. The molecule has 1 saturated heterocycles. The van der Waals surface area contributed by atoms with Gasteiger partial charge in [0.2, 0.25) is 0 Å². The first-order chi connectivity index (χ1) is 17.0. The molecule has 35 heavy (non-hydrogen) atoms. The number of aliphatic hydroxyl groups excluding tert-OH is 1. The molecule has 3 atom stereocenters. The number of benzene rings is 1. The number of pyridine rings is 1. The number of fused-ring (bicyclic) bond motifs is 1. The third-order valence-corrected chi connectivity index (χ3v) is 6.52. The number of aliphatic hydroxyl groups is 1. The van der Waals surface area contributed by atoms with E-state index in [2.05, 4.69) is 26.1 Å². The van der Waals surface area contributed by atoms with Gasteiger partial charge in [0, 0.05) is 30.2 Å². The summed E-state index contributed by atoms with van der Waals surface area (Å²) in [6.07, 6.45) is 4.35. The van der Waals surface area contributed by atoms with Gasteiger partial charge in [-0.1, -0.05) is 30.3 Å². The number of carbonyl (C=O) groups is 1. The summed E-state index contributed by atoms with van der Waals surface area (Å²) >= 11 is 0. The first-order valence-corrected chi connectivity index (χ1v) is 11.7. The van der Waals surface area contributed by atoms with E-state index in [1.807, 2.05) is 24.3 Å². The van der Waals surface area contributed by atoms with Gasteiger partial charge in [-0.3, -0.25) is 0 Å². The molecule has 0 radical (unpaired) electrons. The van der Waals surface area contributed by atoms with Crippen LogP contribution in [0.15, 0.2) is 42.5 Å². The van der Waals surface area contributed by atoms with Crippen molar-refractivity contribution in [3.63, 3.8) is 0 Å². The van der Waals surface area contributed by atoms with Gasteiger partial charge in [0.05, 0.1) is 37.5 Å². The van der Waals surface area contributed by atoms with Gasteiger partial charge in [0.1, 0.15) is 11.8 Å². The van der Waals surface area contributed by atoms with Gasteiger partial charge in [-0.05, 0) is 30.4 Å². The third-order valence-electron chi connectivity index (χ3n) is 6.52. The van der Waals surface area contributed by atoms with Crippen LogP contribution in [0.2, 0.25) is 0 Å². The van der Waals surface area contributed by atoms with Crippen molar-refractivity contribution in [1.29, 1.82) is 0 Å². The quantitative estimate of drug-likeness (QED) is 0.488. The maximum atomic E-state index is 14.9. The van der Waals surface area contributed by atoms with Crippen molar-refractivity contribution in [3.8, 4) is 17.1 Å². The number of H-pyrrole nitrogens is 1. The van der Waals surface area contributed by atoms with E-state index in [0.717, 1.165) is 24.8 Å². The molecule has 1 aliphatic carbocycles. The molecule has 0 saturated carbocycles. The second-order valence-corrected chi connectivity index (χ2v) is 8.91. The maximum absolute atomic E-state index is 14.9. The number of aromatic amines is 1. The summed E-state index contributed by atoms with van der Waals surface area (Å²) < 4.78 is 30.9. The Balaban J connectivity index is 1.29. The van der Waals surface area contributed by atoms with Crippen molar-refractivity contribution in [1.82, 2.24) is 15.3 Å². The highest BCUT2D eigenvalue weighted by Gasteiger charge is 2.27. The molecular weight excluding hydrogens is 453 g/mol. The highest BCUT2D eigenvalue weighted by Crippen LogP contribution is 2.31. The Kier molecular flexibility index (Phi) is 6.70. The predicted octanol–water partition coefficient (Wildman–Crippen LogP) is 4.19. The highest BCUT2D eigenvalue weighted by atomic mass is 19.1. The fraction of sp³-hybridized carbons (Fsp3) is 0.385. The number of allylic oxidation sites excluding steroid dienone is 1. The van der Waals surface area contributed by atoms with Crippen molar-refractivity contribution >= 4 is 22.7 Å². The SMILES string of the molecule is COC(=O)NC1CC=C(c2ccc(-c3nc4cc(O[C@@H]5COC(CO)C5)[nH]c4cc3F)cc2)CC1. The number of rotatable bonds is 6. The monoisotopic (exact) mass is 481 g/mol. The molecule has 0 bridgehead atoms. The Morgan fingerprint density at radius 2 is 2.09 bits per heavy atom. The molecule has 0 spiro atoms. The number of aromatic nitrogens is 2. The highest BCUT2D eigenvalue weighted by molar-refractivity contribution is 5.81. The van der Waals surface area contributed by atoms with Gasteiger partial charge in [0.15, 0.2) is 11.7 Å². The lowest BCUT2D eigenvalue weighted by Crippen LogP contribution is -2.35. The predicted molar refractivity (Wildman–Crippen MR) is 129 cm³/mol. The van der Waals surface area contributed by atoms with Crippen LogP contribution in [-0.4, -0.2) is 59.7 Å². The number of methoxy groups -OCH3 is 1. The van der Waals surface area contributed by atoms with E-state index >= 15 is 0 Å². The average molecular weight is 482 g/mol. The van der Waals surface area contributed by atoms with Crippen LogP contribution >= 0.6 is 0 Å². The molecule has 1 aromatic carbocycles. The van der Waals surface area contributed by atoms with E-state index in [0.29, 0.717) is 35.5 Å². The molecular formula is C26H28FN3O5. The topological polar surface area (TPSA) is 106 Å². The molecule has 1 amide bonds. The molecule has 1 fully saturated rings. The normalized spacial score (nSPS) is 22.1. The van der Waals surface area contributed by atoms with E-state index in [4.69, 9.17) is 9.47 Å². The summed E-state index contributed by atoms with van der Waals surface area (Å²) in [5.74, 6) is 0.0765. The Morgan fingerprint density at radius 3 is 2.77 bits per heavy atom. The van der Waals surface area contributed by atoms with Crippen molar-refractivity contribution in [3.05, 3.63) is 53.9 Å². The fourth-order valence-electron chi connectivity index (χ4n) is 4.63. The number of nitrogens with zero attached hydrogens (tertiary/aromatic N) is 1. The van der Waals surface area contributed by atoms with Crippen LogP contribution in [0, 0.1) is 5.82 Å². The summed E-state index contributed by atoms with van der Waals surface area (Å²) in [4.78, 5) is 19.0. The molecule has 9 heteroatoms. The summed E-state index contributed by atoms with van der Waals surface area (Å²) in [6.45, 7) is 0.366. The molecule has 8 nitrogen and oxygen atoms in total. The lowest BCUT2D eigenvalue weighted by Gasteiger charge is -2.22. The van der Waals surface area contributed by atoms with Crippen molar-refractivity contribution in [2.45, 2.75) is 43.9 Å². The van der Waals surface area contributed by atoms with Crippen LogP contribution in [0.1, 0.15) is 31.2 Å². The van der Waals surface area contributed by atoms with Gasteiger partial charge in [-0.25, -0.2) is 14.2 Å². The minimum absolute atomic E-state index is 0.0358. The van der Waals surface area contributed by atoms with Gasteiger partial charge < -0.3 is 29.6 Å². The first kappa shape index (κ1) is 23.3. The Bertz CT molecular complexity index is 1240. The van der Waals surface area contributed by atoms with E-state index in [1.165, 1.54) is 18.7 Å². The molecule has 2 aliphatic rings. The average Bonchev–Trinajstić information content (AvgIpc) is 3.50. The zero-order valence-corrected chi connectivity index (χ0v) is 19.4. The number of hydrogen-bond acceptors (Lipinski definition) is 6. The number of hydrogen-bond donors (Lipinski definition) is 3. The van der Waals surface area contributed by atoms with Crippen LogP contribution in [0.5, 0.6) is 5.88 Å².